The fourth-order valence-corrected chi connectivity index (χ4v) is 0.984. The number of rotatable bonds is 4. The standard InChI is InChI=1S/C12H15FO2/c1-8(2)12(14)7-15-10-5-4-9(3)11(13)6-10/h4-6,8H,7H2,1-3H3. The lowest BCUT2D eigenvalue weighted by Gasteiger charge is -2.07. The third kappa shape index (κ3) is 3.35. The highest BCUT2D eigenvalue weighted by Crippen LogP contribution is 2.15. The van der Waals surface area contributed by atoms with Crippen molar-refractivity contribution in [1.82, 2.24) is 0 Å². The maximum absolute atomic E-state index is 13.1. The first-order chi connectivity index (χ1) is 7.00. The van der Waals surface area contributed by atoms with Crippen LogP contribution >= 0.6 is 0 Å². The number of Topliss-reactive ketones (excluding diaryl/α,β-unsaturated/α-hetero) is 1. The van der Waals surface area contributed by atoms with Gasteiger partial charge in [-0.25, -0.2) is 4.39 Å². The zero-order valence-electron chi connectivity index (χ0n) is 9.21. The molecule has 0 aliphatic heterocycles. The Hall–Kier alpha value is -1.38. The lowest BCUT2D eigenvalue weighted by atomic mass is 10.1. The van der Waals surface area contributed by atoms with Crippen LogP contribution in [0.5, 0.6) is 5.75 Å². The summed E-state index contributed by atoms with van der Waals surface area (Å²) in [4.78, 5) is 11.2. The second-order valence-electron chi connectivity index (χ2n) is 3.82. The van der Waals surface area contributed by atoms with Crippen LogP contribution in [-0.4, -0.2) is 12.4 Å². The Kier molecular flexibility index (Phi) is 3.83. The van der Waals surface area contributed by atoms with Crippen LogP contribution in [0.4, 0.5) is 4.39 Å². The summed E-state index contributed by atoms with van der Waals surface area (Å²) >= 11 is 0. The molecule has 1 rings (SSSR count). The highest BCUT2D eigenvalue weighted by atomic mass is 19.1. The molecule has 0 spiro atoms. The van der Waals surface area contributed by atoms with Crippen molar-refractivity contribution < 1.29 is 13.9 Å². The lowest BCUT2D eigenvalue weighted by Crippen LogP contribution is -2.16. The van der Waals surface area contributed by atoms with Crippen molar-refractivity contribution in [2.45, 2.75) is 20.8 Å². The van der Waals surface area contributed by atoms with E-state index >= 15 is 0 Å². The van der Waals surface area contributed by atoms with Gasteiger partial charge in [0.1, 0.15) is 18.2 Å². The van der Waals surface area contributed by atoms with E-state index in [1.54, 1.807) is 32.9 Å². The van der Waals surface area contributed by atoms with Gasteiger partial charge in [-0.2, -0.15) is 0 Å². The summed E-state index contributed by atoms with van der Waals surface area (Å²) < 4.78 is 18.3. The van der Waals surface area contributed by atoms with Gasteiger partial charge in [0.2, 0.25) is 0 Å². The molecule has 0 unspecified atom stereocenters. The number of ether oxygens (including phenoxy) is 1. The first-order valence-electron chi connectivity index (χ1n) is 4.92. The van der Waals surface area contributed by atoms with Crippen molar-refractivity contribution in [3.63, 3.8) is 0 Å². The van der Waals surface area contributed by atoms with Gasteiger partial charge in [0.15, 0.2) is 5.78 Å². The Bertz CT molecular complexity index is 359. The molecule has 2 nitrogen and oxygen atoms in total. The molecule has 0 aliphatic carbocycles. The quantitative estimate of drug-likeness (QED) is 0.763. The Labute approximate surface area is 89.1 Å². The minimum absolute atomic E-state index is 0.000166. The number of ketones is 1. The van der Waals surface area contributed by atoms with Crippen LogP contribution in [0.15, 0.2) is 18.2 Å². The Morgan fingerprint density at radius 2 is 2.13 bits per heavy atom. The summed E-state index contributed by atoms with van der Waals surface area (Å²) in [6.07, 6.45) is 0. The van der Waals surface area contributed by atoms with E-state index in [0.29, 0.717) is 11.3 Å². The molecule has 0 saturated heterocycles. The van der Waals surface area contributed by atoms with E-state index in [2.05, 4.69) is 0 Å². The molecule has 0 aliphatic rings. The summed E-state index contributed by atoms with van der Waals surface area (Å²) in [6.45, 7) is 5.29. The molecule has 0 fully saturated rings. The summed E-state index contributed by atoms with van der Waals surface area (Å²) in [5.74, 6) is 0.0351. The number of benzene rings is 1. The molecule has 0 atom stereocenters. The fraction of sp³-hybridized carbons (Fsp3) is 0.417. The Balaban J connectivity index is 2.58. The van der Waals surface area contributed by atoms with Crippen molar-refractivity contribution in [2.75, 3.05) is 6.61 Å². The summed E-state index contributed by atoms with van der Waals surface area (Å²) in [6, 6.07) is 4.58. The number of hydrogen-bond donors (Lipinski definition) is 0. The van der Waals surface area contributed by atoms with E-state index in [1.807, 2.05) is 0 Å². The average molecular weight is 210 g/mol. The van der Waals surface area contributed by atoms with Crippen molar-refractivity contribution in [2.24, 2.45) is 5.92 Å². The van der Waals surface area contributed by atoms with E-state index in [4.69, 9.17) is 4.74 Å². The zero-order valence-corrected chi connectivity index (χ0v) is 9.21. The van der Waals surface area contributed by atoms with Gasteiger partial charge < -0.3 is 4.74 Å². The summed E-state index contributed by atoms with van der Waals surface area (Å²) in [5.41, 5.74) is 0.567. The molecule has 1 aromatic rings. The molecular formula is C12H15FO2. The average Bonchev–Trinajstić information content (AvgIpc) is 2.19. The first-order valence-corrected chi connectivity index (χ1v) is 4.92. The van der Waals surface area contributed by atoms with E-state index in [-0.39, 0.29) is 24.1 Å². The number of halogens is 1. The van der Waals surface area contributed by atoms with Crippen molar-refractivity contribution in [3.05, 3.63) is 29.6 Å². The number of hydrogen-bond acceptors (Lipinski definition) is 2. The number of carbonyl (C=O) groups is 1. The Morgan fingerprint density at radius 3 is 2.67 bits per heavy atom. The predicted molar refractivity (Wildman–Crippen MR) is 56.5 cm³/mol. The van der Waals surface area contributed by atoms with Gasteiger partial charge >= 0.3 is 0 Å². The van der Waals surface area contributed by atoms with Gasteiger partial charge in [0, 0.05) is 12.0 Å². The first kappa shape index (κ1) is 11.7. The highest BCUT2D eigenvalue weighted by Gasteiger charge is 2.08. The van der Waals surface area contributed by atoms with Crippen LogP contribution in [0.3, 0.4) is 0 Å². The highest BCUT2D eigenvalue weighted by molar-refractivity contribution is 5.81. The molecule has 0 aromatic heterocycles. The van der Waals surface area contributed by atoms with Crippen molar-refractivity contribution in [3.8, 4) is 5.75 Å². The fourth-order valence-electron chi connectivity index (χ4n) is 0.984. The zero-order chi connectivity index (χ0) is 11.4. The summed E-state index contributed by atoms with van der Waals surface area (Å²) in [7, 11) is 0. The lowest BCUT2D eigenvalue weighted by molar-refractivity contribution is -0.123. The molecule has 3 heteroatoms. The van der Waals surface area contributed by atoms with Crippen molar-refractivity contribution >= 4 is 5.78 Å². The van der Waals surface area contributed by atoms with E-state index < -0.39 is 0 Å². The van der Waals surface area contributed by atoms with Gasteiger partial charge in [0.25, 0.3) is 0 Å². The smallest absolute Gasteiger partial charge is 0.172 e. The van der Waals surface area contributed by atoms with Crippen LogP contribution in [-0.2, 0) is 4.79 Å². The molecule has 0 radical (unpaired) electrons. The molecule has 0 heterocycles. The van der Waals surface area contributed by atoms with Gasteiger partial charge in [0.05, 0.1) is 0 Å². The largest absolute Gasteiger partial charge is 0.486 e. The topological polar surface area (TPSA) is 26.3 Å². The third-order valence-corrected chi connectivity index (χ3v) is 2.17. The molecular weight excluding hydrogens is 195 g/mol. The molecule has 15 heavy (non-hydrogen) atoms. The van der Waals surface area contributed by atoms with Gasteiger partial charge in [-0.05, 0) is 18.6 Å². The van der Waals surface area contributed by atoms with Crippen LogP contribution in [0.2, 0.25) is 0 Å². The van der Waals surface area contributed by atoms with Gasteiger partial charge in [-0.3, -0.25) is 4.79 Å². The number of aryl methyl sites for hydroxylation is 1. The second kappa shape index (κ2) is 4.91. The molecule has 0 saturated carbocycles. The van der Waals surface area contributed by atoms with Crippen LogP contribution in [0.25, 0.3) is 0 Å². The third-order valence-electron chi connectivity index (χ3n) is 2.17. The molecule has 82 valence electrons. The normalized spacial score (nSPS) is 10.5. The molecule has 1 aromatic carbocycles. The van der Waals surface area contributed by atoms with E-state index in [9.17, 15) is 9.18 Å². The van der Waals surface area contributed by atoms with Crippen LogP contribution in [0.1, 0.15) is 19.4 Å². The molecule has 0 amide bonds. The SMILES string of the molecule is Cc1ccc(OCC(=O)C(C)C)cc1F. The summed E-state index contributed by atoms with van der Waals surface area (Å²) in [5, 5.41) is 0. The predicted octanol–water partition coefficient (Wildman–Crippen LogP) is 2.74. The van der Waals surface area contributed by atoms with E-state index in [1.165, 1.54) is 6.07 Å². The van der Waals surface area contributed by atoms with Crippen molar-refractivity contribution in [1.29, 1.82) is 0 Å². The molecule has 0 bridgehead atoms. The minimum Gasteiger partial charge on any atom is -0.486 e. The Morgan fingerprint density at radius 1 is 1.47 bits per heavy atom. The minimum atomic E-state index is -0.315. The van der Waals surface area contributed by atoms with Crippen LogP contribution in [0, 0.1) is 18.7 Å². The maximum Gasteiger partial charge on any atom is 0.172 e. The maximum atomic E-state index is 13.1. The van der Waals surface area contributed by atoms with E-state index in [0.717, 1.165) is 0 Å². The van der Waals surface area contributed by atoms with Gasteiger partial charge in [-0.15, -0.1) is 0 Å². The van der Waals surface area contributed by atoms with Gasteiger partial charge in [-0.1, -0.05) is 19.9 Å². The number of carbonyl (C=O) groups excluding carboxylic acids is 1. The molecule has 0 N–H and O–H groups in total. The van der Waals surface area contributed by atoms with Crippen LogP contribution < -0.4 is 4.74 Å². The monoisotopic (exact) mass is 210 g/mol. The second-order valence-corrected chi connectivity index (χ2v) is 3.82.